The lowest BCUT2D eigenvalue weighted by atomic mass is 9.74. The minimum Gasteiger partial charge on any atom is -0.299 e. The number of alkyl halides is 7. The highest BCUT2D eigenvalue weighted by Crippen LogP contribution is 2.51. The molecule has 1 saturated carbocycles. The molecule has 2 aliphatic rings. The van der Waals surface area contributed by atoms with E-state index in [1.54, 1.807) is 18.2 Å². The Morgan fingerprint density at radius 2 is 1.50 bits per heavy atom. The van der Waals surface area contributed by atoms with Crippen molar-refractivity contribution >= 4 is 0 Å². The van der Waals surface area contributed by atoms with Crippen LogP contribution in [0.5, 0.6) is 0 Å². The Morgan fingerprint density at radius 3 is 2.08 bits per heavy atom. The summed E-state index contributed by atoms with van der Waals surface area (Å²) in [6, 6.07) is 7.48. The van der Waals surface area contributed by atoms with Crippen molar-refractivity contribution in [3.05, 3.63) is 59.7 Å². The van der Waals surface area contributed by atoms with Crippen molar-refractivity contribution in [1.29, 1.82) is 0 Å². The molecule has 0 spiro atoms. The smallest absolute Gasteiger partial charge is 0.299 e. The Bertz CT molecular complexity index is 920. The van der Waals surface area contributed by atoms with Crippen molar-refractivity contribution in [3.8, 4) is 0 Å². The summed E-state index contributed by atoms with van der Waals surface area (Å²) in [5.74, 6) is -10.7. The Hall–Kier alpha value is -1.83. The maximum absolute atomic E-state index is 14.6. The Labute approximate surface area is 221 Å². The van der Waals surface area contributed by atoms with Crippen LogP contribution in [-0.2, 0) is 10.3 Å². The van der Waals surface area contributed by atoms with Crippen LogP contribution in [0.25, 0.3) is 0 Å². The summed E-state index contributed by atoms with van der Waals surface area (Å²) in [5.41, 5.74) is -1.06. The second kappa shape index (κ2) is 13.0. The van der Waals surface area contributed by atoms with Crippen LogP contribution in [0.2, 0.25) is 0 Å². The molecule has 1 nitrogen and oxygen atoms in total. The third-order valence-electron chi connectivity index (χ3n) is 8.04. The lowest BCUT2D eigenvalue weighted by Crippen LogP contribution is -2.58. The number of ether oxygens (including phenoxy) is 1. The van der Waals surface area contributed by atoms with Gasteiger partial charge in [0.25, 0.3) is 0 Å². The molecule has 0 amide bonds. The van der Waals surface area contributed by atoms with Gasteiger partial charge in [-0.05, 0) is 54.7 Å². The lowest BCUT2D eigenvalue weighted by molar-refractivity contribution is -0.419. The van der Waals surface area contributed by atoms with Crippen molar-refractivity contribution in [1.82, 2.24) is 0 Å². The summed E-state index contributed by atoms with van der Waals surface area (Å²) in [6.07, 6.45) is 11.5. The average molecular weight is 549 g/mol. The molecule has 2 aliphatic carbocycles. The molecule has 0 N–H and O–H groups in total. The Balaban J connectivity index is 1.66. The van der Waals surface area contributed by atoms with E-state index in [-0.39, 0.29) is 17.9 Å². The van der Waals surface area contributed by atoms with E-state index in [0.717, 1.165) is 31.3 Å². The van der Waals surface area contributed by atoms with Crippen molar-refractivity contribution in [2.45, 2.75) is 108 Å². The zero-order valence-electron chi connectivity index (χ0n) is 22.0. The highest BCUT2D eigenvalue weighted by Gasteiger charge is 2.74. The van der Waals surface area contributed by atoms with Crippen LogP contribution in [0.4, 0.5) is 30.7 Å². The number of benzene rings is 1. The second-order valence-corrected chi connectivity index (χ2v) is 10.8. The molecule has 0 aromatic heterocycles. The van der Waals surface area contributed by atoms with Crippen LogP contribution < -0.4 is 0 Å². The Morgan fingerprint density at radius 1 is 0.868 bits per heavy atom. The first kappa shape index (κ1) is 30.7. The first-order chi connectivity index (χ1) is 18.0. The van der Waals surface area contributed by atoms with Crippen LogP contribution in [0, 0.1) is 11.8 Å². The molecule has 1 atom stereocenters. The fourth-order valence-corrected chi connectivity index (χ4v) is 5.60. The van der Waals surface area contributed by atoms with Crippen LogP contribution in [0.3, 0.4) is 0 Å². The van der Waals surface area contributed by atoms with E-state index in [1.165, 1.54) is 75.3 Å². The van der Waals surface area contributed by atoms with Gasteiger partial charge in [-0.15, -0.1) is 0 Å². The van der Waals surface area contributed by atoms with Crippen LogP contribution >= 0.6 is 0 Å². The molecule has 1 aromatic rings. The van der Waals surface area contributed by atoms with Gasteiger partial charge >= 0.3 is 18.0 Å². The van der Waals surface area contributed by atoms with E-state index >= 15 is 0 Å². The summed E-state index contributed by atoms with van der Waals surface area (Å²) >= 11 is 0. The quantitative estimate of drug-likeness (QED) is 0.166. The van der Waals surface area contributed by atoms with Gasteiger partial charge in [0, 0.05) is 6.42 Å². The molecule has 0 radical (unpaired) electrons. The summed E-state index contributed by atoms with van der Waals surface area (Å²) in [5, 5.41) is 0. The van der Waals surface area contributed by atoms with Gasteiger partial charge in [-0.1, -0.05) is 94.4 Å². The summed E-state index contributed by atoms with van der Waals surface area (Å²) in [4.78, 5) is 0. The van der Waals surface area contributed by atoms with Gasteiger partial charge in [-0.3, -0.25) is 4.74 Å². The molecule has 38 heavy (non-hydrogen) atoms. The van der Waals surface area contributed by atoms with Crippen molar-refractivity contribution in [2.24, 2.45) is 11.8 Å². The minimum atomic E-state index is -6.04. The molecule has 3 rings (SSSR count). The third-order valence-corrected chi connectivity index (χ3v) is 8.04. The number of halogens is 7. The number of unbranched alkanes of at least 4 members (excludes halogenated alkanes) is 5. The second-order valence-electron chi connectivity index (χ2n) is 10.8. The van der Waals surface area contributed by atoms with Crippen molar-refractivity contribution < 1.29 is 35.5 Å². The van der Waals surface area contributed by atoms with Gasteiger partial charge in [0.1, 0.15) is 5.60 Å². The maximum Gasteiger partial charge on any atom is 0.427 e. The normalized spacial score (nSPS) is 24.9. The fraction of sp³-hybridized carbons (Fsp3) is 0.667. The first-order valence-corrected chi connectivity index (χ1v) is 13.8. The predicted molar refractivity (Wildman–Crippen MR) is 135 cm³/mol. The van der Waals surface area contributed by atoms with Gasteiger partial charge in [0.2, 0.25) is 0 Å². The Kier molecular flexibility index (Phi) is 10.5. The molecule has 0 heterocycles. The van der Waals surface area contributed by atoms with E-state index in [1.807, 2.05) is 0 Å². The van der Waals surface area contributed by atoms with E-state index in [4.69, 9.17) is 0 Å². The molecule has 0 bridgehead atoms. The molecular weight excluding hydrogens is 509 g/mol. The first-order valence-electron chi connectivity index (χ1n) is 13.8. The maximum atomic E-state index is 14.6. The largest absolute Gasteiger partial charge is 0.427 e. The standard InChI is InChI=1S/C30H39F7O/c1-2-3-4-5-6-8-11-23-14-16-24(17-15-23)25-18-20-27(21-19-25,26-12-9-7-10-13-26)38-30(36,37)29(34,35)28(32,33)22-31/h7,9-10,12-13,18-20,23-24H,2-6,8,11,14-17,21-22H2,1H3/t23-,24-,27?. The van der Waals surface area contributed by atoms with Crippen LogP contribution in [0.15, 0.2) is 54.1 Å². The van der Waals surface area contributed by atoms with Gasteiger partial charge in [0.05, 0.1) is 0 Å². The van der Waals surface area contributed by atoms with Gasteiger partial charge in [0.15, 0.2) is 6.67 Å². The van der Waals surface area contributed by atoms with Crippen LogP contribution in [-0.4, -0.2) is 24.6 Å². The van der Waals surface area contributed by atoms with Gasteiger partial charge in [-0.2, -0.15) is 26.3 Å². The highest BCUT2D eigenvalue weighted by molar-refractivity contribution is 5.37. The van der Waals surface area contributed by atoms with Gasteiger partial charge in [-0.25, -0.2) is 4.39 Å². The molecular formula is C30H39F7O. The van der Waals surface area contributed by atoms with E-state index in [9.17, 15) is 30.7 Å². The van der Waals surface area contributed by atoms with E-state index in [2.05, 4.69) is 11.7 Å². The topological polar surface area (TPSA) is 9.23 Å². The van der Waals surface area contributed by atoms with Crippen LogP contribution in [0.1, 0.15) is 89.5 Å². The summed E-state index contributed by atoms with van der Waals surface area (Å²) < 4.78 is 101. The monoisotopic (exact) mass is 548 g/mol. The molecule has 0 saturated heterocycles. The molecule has 1 unspecified atom stereocenters. The third kappa shape index (κ3) is 7.02. The number of rotatable bonds is 14. The minimum absolute atomic E-state index is 0.119. The zero-order valence-corrected chi connectivity index (χ0v) is 22.0. The SMILES string of the molecule is CCCCCCCC[C@H]1CC[C@H](C2=CCC(OC(F)(F)C(F)(F)C(F)(F)CF)(c3ccccc3)C=C2)CC1. The lowest BCUT2D eigenvalue weighted by Gasteiger charge is -2.40. The van der Waals surface area contributed by atoms with Crippen molar-refractivity contribution in [2.75, 3.05) is 6.67 Å². The van der Waals surface area contributed by atoms with E-state index < -0.39 is 30.2 Å². The molecule has 214 valence electrons. The number of hydrogen-bond donors (Lipinski definition) is 0. The summed E-state index contributed by atoms with van der Waals surface area (Å²) in [6.45, 7) is -0.729. The number of hydrogen-bond acceptors (Lipinski definition) is 1. The predicted octanol–water partition coefficient (Wildman–Crippen LogP) is 10.2. The van der Waals surface area contributed by atoms with E-state index in [0.29, 0.717) is 5.92 Å². The summed E-state index contributed by atoms with van der Waals surface area (Å²) in [7, 11) is 0. The molecule has 1 fully saturated rings. The van der Waals surface area contributed by atoms with Gasteiger partial charge < -0.3 is 0 Å². The fourth-order valence-electron chi connectivity index (χ4n) is 5.60. The highest BCUT2D eigenvalue weighted by atomic mass is 19.4. The molecule has 1 aromatic carbocycles. The molecule has 0 aliphatic heterocycles. The molecule has 8 heteroatoms. The van der Waals surface area contributed by atoms with Crippen molar-refractivity contribution in [3.63, 3.8) is 0 Å². The average Bonchev–Trinajstić information content (AvgIpc) is 2.91. The number of allylic oxidation sites excluding steroid dienone is 2. The zero-order chi connectivity index (χ0) is 27.9.